The minimum atomic E-state index is -1.05. The first-order valence-corrected chi connectivity index (χ1v) is 3.82. The Balaban J connectivity index is 2.54. The highest BCUT2D eigenvalue weighted by Gasteiger charge is 2.08. The van der Waals surface area contributed by atoms with Gasteiger partial charge in [0.05, 0.1) is 6.54 Å². The molecule has 0 fully saturated rings. The SMILES string of the molecule is CN(C)NCc1ccc(C(=O)O)o1. The van der Waals surface area contributed by atoms with Crippen molar-refractivity contribution >= 4 is 5.97 Å². The zero-order valence-corrected chi connectivity index (χ0v) is 7.57. The molecular weight excluding hydrogens is 172 g/mol. The summed E-state index contributed by atoms with van der Waals surface area (Å²) in [5.41, 5.74) is 2.96. The van der Waals surface area contributed by atoms with Crippen LogP contribution in [0.15, 0.2) is 16.5 Å². The molecule has 0 aliphatic heterocycles. The molecule has 1 heterocycles. The third-order valence-electron chi connectivity index (χ3n) is 1.44. The van der Waals surface area contributed by atoms with Crippen LogP contribution in [0, 0.1) is 0 Å². The van der Waals surface area contributed by atoms with Crippen LogP contribution in [0.5, 0.6) is 0 Å². The second-order valence-corrected chi connectivity index (χ2v) is 2.80. The van der Waals surface area contributed by atoms with Gasteiger partial charge in [-0.05, 0) is 12.1 Å². The van der Waals surface area contributed by atoms with Crippen LogP contribution < -0.4 is 5.43 Å². The van der Waals surface area contributed by atoms with Crippen molar-refractivity contribution in [3.05, 3.63) is 23.7 Å². The van der Waals surface area contributed by atoms with Gasteiger partial charge in [-0.2, -0.15) is 0 Å². The van der Waals surface area contributed by atoms with Gasteiger partial charge in [-0.25, -0.2) is 10.2 Å². The molecule has 5 nitrogen and oxygen atoms in total. The second kappa shape index (κ2) is 4.06. The Kier molecular flexibility index (Phi) is 3.05. The van der Waals surface area contributed by atoms with Crippen LogP contribution in [-0.2, 0) is 6.54 Å². The van der Waals surface area contributed by atoms with E-state index in [0.717, 1.165) is 0 Å². The molecule has 1 aromatic heterocycles. The highest BCUT2D eigenvalue weighted by Crippen LogP contribution is 2.07. The smallest absolute Gasteiger partial charge is 0.371 e. The van der Waals surface area contributed by atoms with Crippen LogP contribution in [0.4, 0.5) is 0 Å². The highest BCUT2D eigenvalue weighted by atomic mass is 16.4. The lowest BCUT2D eigenvalue weighted by Gasteiger charge is -2.09. The molecule has 1 aromatic rings. The molecule has 0 bridgehead atoms. The molecule has 0 aliphatic rings. The van der Waals surface area contributed by atoms with Crippen LogP contribution >= 0.6 is 0 Å². The van der Waals surface area contributed by atoms with E-state index in [1.807, 2.05) is 14.1 Å². The fourth-order valence-corrected chi connectivity index (χ4v) is 0.824. The van der Waals surface area contributed by atoms with Gasteiger partial charge in [0.1, 0.15) is 5.76 Å². The molecule has 0 saturated heterocycles. The van der Waals surface area contributed by atoms with Gasteiger partial charge in [-0.15, -0.1) is 0 Å². The number of hydrogen-bond donors (Lipinski definition) is 2. The van der Waals surface area contributed by atoms with Crippen molar-refractivity contribution in [3.8, 4) is 0 Å². The minimum absolute atomic E-state index is 0.0319. The molecule has 0 aliphatic carbocycles. The molecule has 72 valence electrons. The van der Waals surface area contributed by atoms with Crippen molar-refractivity contribution < 1.29 is 14.3 Å². The van der Waals surface area contributed by atoms with E-state index in [9.17, 15) is 4.79 Å². The average molecular weight is 184 g/mol. The van der Waals surface area contributed by atoms with E-state index in [2.05, 4.69) is 5.43 Å². The molecule has 0 unspecified atom stereocenters. The van der Waals surface area contributed by atoms with Crippen molar-refractivity contribution in [2.45, 2.75) is 6.54 Å². The summed E-state index contributed by atoms with van der Waals surface area (Å²) in [6.45, 7) is 0.486. The Labute approximate surface area is 75.9 Å². The fraction of sp³-hybridized carbons (Fsp3) is 0.375. The van der Waals surface area contributed by atoms with Gasteiger partial charge in [0.25, 0.3) is 0 Å². The quantitative estimate of drug-likeness (QED) is 0.669. The van der Waals surface area contributed by atoms with Crippen LogP contribution in [0.3, 0.4) is 0 Å². The summed E-state index contributed by atoms with van der Waals surface area (Å²) >= 11 is 0. The van der Waals surface area contributed by atoms with E-state index in [1.165, 1.54) is 6.07 Å². The van der Waals surface area contributed by atoms with Gasteiger partial charge in [-0.1, -0.05) is 0 Å². The van der Waals surface area contributed by atoms with Crippen molar-refractivity contribution in [3.63, 3.8) is 0 Å². The van der Waals surface area contributed by atoms with Crippen molar-refractivity contribution in [1.29, 1.82) is 0 Å². The molecule has 13 heavy (non-hydrogen) atoms. The average Bonchev–Trinajstić information content (AvgIpc) is 2.48. The van der Waals surface area contributed by atoms with Crippen LogP contribution in [0.2, 0.25) is 0 Å². The molecule has 0 amide bonds. The monoisotopic (exact) mass is 184 g/mol. The highest BCUT2D eigenvalue weighted by molar-refractivity contribution is 5.84. The summed E-state index contributed by atoms with van der Waals surface area (Å²) in [5, 5.41) is 10.3. The van der Waals surface area contributed by atoms with Crippen LogP contribution in [0.25, 0.3) is 0 Å². The third kappa shape index (κ3) is 2.89. The van der Waals surface area contributed by atoms with Gasteiger partial charge >= 0.3 is 5.97 Å². The number of nitrogens with zero attached hydrogens (tertiary/aromatic N) is 1. The minimum Gasteiger partial charge on any atom is -0.475 e. The lowest BCUT2D eigenvalue weighted by Crippen LogP contribution is -2.29. The lowest BCUT2D eigenvalue weighted by atomic mass is 10.4. The number of nitrogens with one attached hydrogen (secondary N) is 1. The zero-order valence-electron chi connectivity index (χ0n) is 7.57. The molecule has 2 N–H and O–H groups in total. The number of carbonyl (C=O) groups is 1. The number of aromatic carboxylic acids is 1. The summed E-state index contributed by atoms with van der Waals surface area (Å²) in [4.78, 5) is 10.4. The molecule has 0 atom stereocenters. The molecule has 0 saturated carbocycles. The topological polar surface area (TPSA) is 65.7 Å². The Morgan fingerprint density at radius 1 is 1.62 bits per heavy atom. The fourth-order valence-electron chi connectivity index (χ4n) is 0.824. The van der Waals surface area contributed by atoms with E-state index in [0.29, 0.717) is 12.3 Å². The van der Waals surface area contributed by atoms with Gasteiger partial charge in [-0.3, -0.25) is 5.01 Å². The Bertz CT molecular complexity index is 293. The summed E-state index contributed by atoms with van der Waals surface area (Å²) in [6.07, 6.45) is 0. The molecule has 0 radical (unpaired) electrons. The molecular formula is C8H12N2O3. The number of furan rings is 1. The van der Waals surface area contributed by atoms with Crippen LogP contribution in [-0.4, -0.2) is 30.2 Å². The maximum atomic E-state index is 10.4. The number of hydrazine groups is 1. The number of carboxylic acids is 1. The Morgan fingerprint density at radius 3 is 2.77 bits per heavy atom. The van der Waals surface area contributed by atoms with Crippen molar-refractivity contribution in [2.24, 2.45) is 0 Å². The summed E-state index contributed by atoms with van der Waals surface area (Å²) < 4.78 is 5.01. The van der Waals surface area contributed by atoms with Gasteiger partial charge < -0.3 is 9.52 Å². The molecule has 1 rings (SSSR count). The first-order valence-electron chi connectivity index (χ1n) is 3.82. The van der Waals surface area contributed by atoms with E-state index >= 15 is 0 Å². The summed E-state index contributed by atoms with van der Waals surface area (Å²) in [6, 6.07) is 3.08. The van der Waals surface area contributed by atoms with Gasteiger partial charge in [0.15, 0.2) is 0 Å². The first kappa shape index (κ1) is 9.76. The third-order valence-corrected chi connectivity index (χ3v) is 1.44. The van der Waals surface area contributed by atoms with Crippen LogP contribution in [0.1, 0.15) is 16.3 Å². The lowest BCUT2D eigenvalue weighted by molar-refractivity contribution is 0.0659. The van der Waals surface area contributed by atoms with Gasteiger partial charge in [0.2, 0.25) is 5.76 Å². The van der Waals surface area contributed by atoms with Crippen molar-refractivity contribution in [1.82, 2.24) is 10.4 Å². The molecule has 5 heteroatoms. The van der Waals surface area contributed by atoms with E-state index in [-0.39, 0.29) is 5.76 Å². The number of rotatable bonds is 4. The predicted molar refractivity (Wildman–Crippen MR) is 46.2 cm³/mol. The standard InChI is InChI=1S/C8H12N2O3/c1-10(2)9-5-6-3-4-7(13-6)8(11)12/h3-4,9H,5H2,1-2H3,(H,11,12). The zero-order chi connectivity index (χ0) is 9.84. The summed E-state index contributed by atoms with van der Waals surface area (Å²) in [7, 11) is 3.70. The normalized spacial score (nSPS) is 10.7. The molecule has 0 spiro atoms. The Hall–Kier alpha value is -1.33. The van der Waals surface area contributed by atoms with E-state index < -0.39 is 5.97 Å². The number of carboxylic acid groups (broad SMARTS) is 1. The van der Waals surface area contributed by atoms with E-state index in [4.69, 9.17) is 9.52 Å². The second-order valence-electron chi connectivity index (χ2n) is 2.80. The first-order chi connectivity index (χ1) is 6.09. The number of hydrogen-bond acceptors (Lipinski definition) is 4. The largest absolute Gasteiger partial charge is 0.475 e. The van der Waals surface area contributed by atoms with Crippen molar-refractivity contribution in [2.75, 3.05) is 14.1 Å². The maximum absolute atomic E-state index is 10.4. The maximum Gasteiger partial charge on any atom is 0.371 e. The predicted octanol–water partition coefficient (Wildman–Crippen LogP) is 0.544. The molecule has 0 aromatic carbocycles. The van der Waals surface area contributed by atoms with Gasteiger partial charge in [0, 0.05) is 14.1 Å². The summed E-state index contributed by atoms with van der Waals surface area (Å²) in [5.74, 6) is -0.474. The van der Waals surface area contributed by atoms with E-state index in [1.54, 1.807) is 11.1 Å². The Morgan fingerprint density at radius 2 is 2.31 bits per heavy atom.